The van der Waals surface area contributed by atoms with Crippen LogP contribution in [-0.2, 0) is 41.2 Å². The molecule has 4 aromatic rings. The summed E-state index contributed by atoms with van der Waals surface area (Å²) in [5.41, 5.74) is 2.79. The van der Waals surface area contributed by atoms with Crippen molar-refractivity contribution in [3.63, 3.8) is 0 Å². The number of benzene rings is 3. The lowest BCUT2D eigenvalue weighted by atomic mass is 9.80. The summed E-state index contributed by atoms with van der Waals surface area (Å²) in [4.78, 5) is 66.1. The monoisotopic (exact) mass is 940 g/mol. The van der Waals surface area contributed by atoms with E-state index in [1.807, 2.05) is 24.3 Å². The summed E-state index contributed by atoms with van der Waals surface area (Å²) in [6.45, 7) is 12.7. The van der Waals surface area contributed by atoms with Crippen LogP contribution >= 0.6 is 22.9 Å². The van der Waals surface area contributed by atoms with Crippen LogP contribution in [0.15, 0.2) is 72.8 Å². The SMILES string of the molecule is COc1ccc(OC(=O)C2CCC(C(=O)Oc3ccc(CCOC(=O)C4CCC(C(=O)Oc5cc(C(C)(C)C)c(OC)cc5C(C)(C)C)CC4)cc3)CC2)c(/C=C/C(=O)c2ccc(Cl)s2)c1. The van der Waals surface area contributed by atoms with Crippen molar-refractivity contribution in [3.05, 3.63) is 104 Å². The van der Waals surface area contributed by atoms with Crippen LogP contribution in [0.4, 0.5) is 0 Å². The van der Waals surface area contributed by atoms with Crippen molar-refractivity contribution in [2.75, 3.05) is 20.8 Å². The summed E-state index contributed by atoms with van der Waals surface area (Å²) in [6, 6.07) is 19.4. The zero-order chi connectivity index (χ0) is 47.8. The van der Waals surface area contributed by atoms with E-state index in [9.17, 15) is 24.0 Å². The summed E-state index contributed by atoms with van der Waals surface area (Å²) >= 11 is 7.17. The zero-order valence-electron chi connectivity index (χ0n) is 39.2. The van der Waals surface area contributed by atoms with Crippen molar-refractivity contribution >= 4 is 58.7 Å². The van der Waals surface area contributed by atoms with Gasteiger partial charge < -0.3 is 28.4 Å². The average molecular weight is 942 g/mol. The molecule has 352 valence electrons. The molecule has 0 radical (unpaired) electrons. The van der Waals surface area contributed by atoms with Gasteiger partial charge in [-0.2, -0.15) is 0 Å². The molecule has 0 amide bonds. The highest BCUT2D eigenvalue weighted by Crippen LogP contribution is 2.42. The van der Waals surface area contributed by atoms with Crippen LogP contribution in [0.3, 0.4) is 0 Å². The molecule has 0 spiro atoms. The van der Waals surface area contributed by atoms with Crippen molar-refractivity contribution in [2.24, 2.45) is 23.7 Å². The molecule has 0 saturated heterocycles. The molecule has 0 N–H and O–H groups in total. The van der Waals surface area contributed by atoms with E-state index in [0.717, 1.165) is 22.4 Å². The number of carbonyl (C=O) groups excluding carboxylic acids is 5. The number of rotatable bonds is 15. The fraction of sp³-hybridized carbons (Fsp3) is 0.453. The van der Waals surface area contributed by atoms with Crippen LogP contribution in [-0.4, -0.2) is 50.5 Å². The van der Waals surface area contributed by atoms with Gasteiger partial charge in [0.05, 0.1) is 53.7 Å². The number of thiophene rings is 1. The summed E-state index contributed by atoms with van der Waals surface area (Å²) in [5, 5.41) is 0. The quantitative estimate of drug-likeness (QED) is 0.0487. The highest BCUT2D eigenvalue weighted by molar-refractivity contribution is 7.18. The Morgan fingerprint density at radius 3 is 1.61 bits per heavy atom. The molecule has 11 nitrogen and oxygen atoms in total. The van der Waals surface area contributed by atoms with Crippen molar-refractivity contribution < 1.29 is 52.4 Å². The lowest BCUT2D eigenvalue weighted by molar-refractivity contribution is -0.152. The van der Waals surface area contributed by atoms with Crippen LogP contribution in [0.2, 0.25) is 4.34 Å². The molecular weight excluding hydrogens is 880 g/mol. The first-order valence-corrected chi connectivity index (χ1v) is 23.8. The van der Waals surface area contributed by atoms with Crippen LogP contribution < -0.4 is 23.7 Å². The summed E-state index contributed by atoms with van der Waals surface area (Å²) in [7, 11) is 3.18. The third kappa shape index (κ3) is 13.1. The Bertz CT molecular complexity index is 2400. The Morgan fingerprint density at radius 1 is 0.591 bits per heavy atom. The number of hydrogen-bond acceptors (Lipinski definition) is 12. The second kappa shape index (κ2) is 21.9. The van der Waals surface area contributed by atoms with Gasteiger partial charge in [0.1, 0.15) is 28.7 Å². The molecule has 0 bridgehead atoms. The first-order chi connectivity index (χ1) is 31.3. The molecule has 0 atom stereocenters. The highest BCUT2D eigenvalue weighted by atomic mass is 35.5. The van der Waals surface area contributed by atoms with Crippen molar-refractivity contribution in [2.45, 2.75) is 110 Å². The fourth-order valence-corrected chi connectivity index (χ4v) is 9.34. The molecular formula is C53H61ClO11S. The minimum Gasteiger partial charge on any atom is -0.497 e. The lowest BCUT2D eigenvalue weighted by Crippen LogP contribution is -2.30. The summed E-state index contributed by atoms with van der Waals surface area (Å²) in [5.74, 6) is -0.291. The van der Waals surface area contributed by atoms with Crippen molar-refractivity contribution in [1.29, 1.82) is 0 Å². The molecule has 0 unspecified atom stereocenters. The van der Waals surface area contributed by atoms with Crippen LogP contribution in [0, 0.1) is 23.7 Å². The fourth-order valence-electron chi connectivity index (χ4n) is 8.38. The number of halogens is 1. The number of hydrogen-bond donors (Lipinski definition) is 0. The number of ether oxygens (including phenoxy) is 6. The molecule has 1 heterocycles. The first-order valence-electron chi connectivity index (χ1n) is 22.6. The molecule has 2 aliphatic carbocycles. The molecule has 1 aromatic heterocycles. The number of methoxy groups -OCH3 is 2. The van der Waals surface area contributed by atoms with Gasteiger partial charge in [0.25, 0.3) is 0 Å². The molecule has 13 heteroatoms. The van der Waals surface area contributed by atoms with E-state index in [1.165, 1.54) is 24.5 Å². The first kappa shape index (κ1) is 50.0. The Hall–Kier alpha value is -5.46. The van der Waals surface area contributed by atoms with E-state index in [4.69, 9.17) is 40.0 Å². The number of esters is 4. The van der Waals surface area contributed by atoms with Gasteiger partial charge in [-0.25, -0.2) is 0 Å². The Labute approximate surface area is 397 Å². The van der Waals surface area contributed by atoms with E-state index >= 15 is 0 Å². The molecule has 2 saturated carbocycles. The Morgan fingerprint density at radius 2 is 1.09 bits per heavy atom. The second-order valence-corrected chi connectivity index (χ2v) is 20.9. The predicted octanol–water partition coefficient (Wildman–Crippen LogP) is 11.7. The van der Waals surface area contributed by atoms with Gasteiger partial charge in [0, 0.05) is 23.1 Å². The maximum atomic E-state index is 13.5. The van der Waals surface area contributed by atoms with Crippen LogP contribution in [0.5, 0.6) is 28.7 Å². The zero-order valence-corrected chi connectivity index (χ0v) is 40.7. The molecule has 2 fully saturated rings. The number of carbonyl (C=O) groups is 5. The van der Waals surface area contributed by atoms with Gasteiger partial charge in [-0.05, 0) is 135 Å². The smallest absolute Gasteiger partial charge is 0.314 e. The largest absolute Gasteiger partial charge is 0.497 e. The minimum atomic E-state index is -0.403. The molecule has 0 aliphatic heterocycles. The normalized spacial score (nSPS) is 18.9. The van der Waals surface area contributed by atoms with Gasteiger partial charge in [0.15, 0.2) is 5.78 Å². The topological polar surface area (TPSA) is 141 Å². The molecule has 66 heavy (non-hydrogen) atoms. The van der Waals surface area contributed by atoms with E-state index in [-0.39, 0.29) is 58.9 Å². The third-order valence-corrected chi connectivity index (χ3v) is 13.6. The van der Waals surface area contributed by atoms with Crippen LogP contribution in [0.1, 0.15) is 125 Å². The number of allylic oxidation sites excluding steroid dienone is 1. The van der Waals surface area contributed by atoms with Crippen molar-refractivity contribution in [1.82, 2.24) is 0 Å². The maximum absolute atomic E-state index is 13.5. The van der Waals surface area contributed by atoms with E-state index < -0.39 is 11.9 Å². The van der Waals surface area contributed by atoms with E-state index in [1.54, 1.807) is 55.7 Å². The van der Waals surface area contributed by atoms with Gasteiger partial charge >= 0.3 is 23.9 Å². The highest BCUT2D eigenvalue weighted by Gasteiger charge is 2.35. The standard InChI is InChI=1S/C53H61ClO11S/c1-52(2,3)40-31-45(41(53(4,5)6)30-44(40)61-8)65-51(59)36-13-11-33(12-14-36)48(56)62-28-27-32-9-20-38(21-10-32)63-49(57)34-15-17-35(18-16-34)50(58)64-43-24-22-39(60-7)29-37(43)19-23-42(55)46-25-26-47(54)66-46/h9-10,19-26,29-31,33-36H,11-18,27-28H2,1-8H3/b23-19+. The lowest BCUT2D eigenvalue weighted by Gasteiger charge is -2.30. The molecule has 3 aromatic carbocycles. The number of ketones is 1. The summed E-state index contributed by atoms with van der Waals surface area (Å²) in [6.07, 6.45) is 7.54. The maximum Gasteiger partial charge on any atom is 0.314 e. The van der Waals surface area contributed by atoms with Gasteiger partial charge in [0.2, 0.25) is 0 Å². The van der Waals surface area contributed by atoms with Crippen molar-refractivity contribution in [3.8, 4) is 28.7 Å². The van der Waals surface area contributed by atoms with Gasteiger partial charge in [-0.1, -0.05) is 65.3 Å². The van der Waals surface area contributed by atoms with E-state index in [0.29, 0.717) is 95.6 Å². The average Bonchev–Trinajstić information content (AvgIpc) is 3.74. The third-order valence-electron chi connectivity index (χ3n) is 12.4. The van der Waals surface area contributed by atoms with Crippen LogP contribution in [0.25, 0.3) is 6.08 Å². The molecule has 2 aliphatic rings. The van der Waals surface area contributed by atoms with Gasteiger partial charge in [-0.3, -0.25) is 24.0 Å². The minimum absolute atomic E-state index is 0.205. The molecule has 6 rings (SSSR count). The predicted molar refractivity (Wildman–Crippen MR) is 255 cm³/mol. The van der Waals surface area contributed by atoms with E-state index in [2.05, 4.69) is 41.5 Å². The summed E-state index contributed by atoms with van der Waals surface area (Å²) < 4.78 is 34.9. The Kier molecular flexibility index (Phi) is 16.6. The van der Waals surface area contributed by atoms with Gasteiger partial charge in [-0.15, -0.1) is 11.3 Å². The second-order valence-electron chi connectivity index (χ2n) is 19.2. The Balaban J connectivity index is 0.912.